The summed E-state index contributed by atoms with van der Waals surface area (Å²) >= 11 is 6.22. The standard InChI is InChI=1S/C20H22ClN3O3/c21-16-6-2-1-5-15(16)17-7-8-18(27-17)20(26)23-10-3-4-14(13-23)24-11-9-22-12-19(24)25/h1-2,5-8,14,22H,3-4,9-13H2. The molecule has 3 heterocycles. The smallest absolute Gasteiger partial charge is 0.289 e. The number of amides is 2. The molecule has 1 unspecified atom stereocenters. The van der Waals surface area contributed by atoms with E-state index in [-0.39, 0.29) is 17.9 Å². The van der Waals surface area contributed by atoms with Crippen molar-refractivity contribution in [3.63, 3.8) is 0 Å². The molecule has 0 spiro atoms. The number of halogens is 1. The van der Waals surface area contributed by atoms with Gasteiger partial charge in [0.2, 0.25) is 5.91 Å². The molecule has 2 saturated heterocycles. The first-order valence-corrected chi connectivity index (χ1v) is 9.65. The topological polar surface area (TPSA) is 65.8 Å². The molecule has 6 nitrogen and oxygen atoms in total. The Labute approximate surface area is 163 Å². The summed E-state index contributed by atoms with van der Waals surface area (Å²) in [6.45, 7) is 3.10. The van der Waals surface area contributed by atoms with Gasteiger partial charge in [-0.1, -0.05) is 23.7 Å². The highest BCUT2D eigenvalue weighted by atomic mass is 35.5. The van der Waals surface area contributed by atoms with Gasteiger partial charge in [0.05, 0.1) is 11.6 Å². The zero-order valence-electron chi connectivity index (χ0n) is 15.0. The molecule has 1 aromatic heterocycles. The summed E-state index contributed by atoms with van der Waals surface area (Å²) in [5.74, 6) is 0.854. The number of hydrogen-bond acceptors (Lipinski definition) is 4. The van der Waals surface area contributed by atoms with Crippen LogP contribution in [0.2, 0.25) is 5.02 Å². The minimum Gasteiger partial charge on any atom is -0.451 e. The minimum absolute atomic E-state index is 0.0790. The number of piperidine rings is 1. The quantitative estimate of drug-likeness (QED) is 0.879. The number of hydrogen-bond donors (Lipinski definition) is 1. The predicted octanol–water partition coefficient (Wildman–Crippen LogP) is 2.64. The van der Waals surface area contributed by atoms with E-state index in [4.69, 9.17) is 16.0 Å². The molecule has 2 aliphatic heterocycles. The molecule has 0 saturated carbocycles. The van der Waals surface area contributed by atoms with Crippen LogP contribution < -0.4 is 5.32 Å². The lowest BCUT2D eigenvalue weighted by Gasteiger charge is -2.40. The van der Waals surface area contributed by atoms with Crippen LogP contribution in [-0.4, -0.2) is 60.4 Å². The first kappa shape index (κ1) is 18.1. The third-order valence-electron chi connectivity index (χ3n) is 5.21. The summed E-state index contributed by atoms with van der Waals surface area (Å²) in [5.41, 5.74) is 0.765. The van der Waals surface area contributed by atoms with Crippen LogP contribution in [0.1, 0.15) is 23.4 Å². The molecule has 27 heavy (non-hydrogen) atoms. The summed E-state index contributed by atoms with van der Waals surface area (Å²) < 4.78 is 5.80. The van der Waals surface area contributed by atoms with Crippen molar-refractivity contribution in [2.75, 3.05) is 32.7 Å². The fraction of sp³-hybridized carbons (Fsp3) is 0.400. The van der Waals surface area contributed by atoms with Crippen LogP contribution in [0.15, 0.2) is 40.8 Å². The van der Waals surface area contributed by atoms with Crippen LogP contribution in [0.5, 0.6) is 0 Å². The number of piperazine rings is 1. The average Bonchev–Trinajstić information content (AvgIpc) is 3.18. The molecule has 2 aliphatic rings. The van der Waals surface area contributed by atoms with Gasteiger partial charge in [0, 0.05) is 37.8 Å². The van der Waals surface area contributed by atoms with Crippen LogP contribution in [0.3, 0.4) is 0 Å². The summed E-state index contributed by atoms with van der Waals surface area (Å²) in [5, 5.41) is 3.67. The highest BCUT2D eigenvalue weighted by Gasteiger charge is 2.32. The number of carbonyl (C=O) groups is 2. The van der Waals surface area contributed by atoms with E-state index in [2.05, 4.69) is 5.32 Å². The van der Waals surface area contributed by atoms with Gasteiger partial charge in [-0.2, -0.15) is 0 Å². The van der Waals surface area contributed by atoms with E-state index in [0.29, 0.717) is 42.7 Å². The van der Waals surface area contributed by atoms with E-state index in [1.165, 1.54) is 0 Å². The van der Waals surface area contributed by atoms with Crippen LogP contribution >= 0.6 is 11.6 Å². The molecule has 2 aromatic rings. The Balaban J connectivity index is 1.48. The Morgan fingerprint density at radius 2 is 2.04 bits per heavy atom. The molecule has 0 bridgehead atoms. The zero-order valence-corrected chi connectivity index (χ0v) is 15.7. The van der Waals surface area contributed by atoms with Crippen LogP contribution in [0.4, 0.5) is 0 Å². The molecule has 1 aromatic carbocycles. The lowest BCUT2D eigenvalue weighted by Crippen LogP contribution is -2.57. The molecular formula is C20H22ClN3O3. The third-order valence-corrected chi connectivity index (χ3v) is 5.54. The monoisotopic (exact) mass is 387 g/mol. The van der Waals surface area contributed by atoms with Gasteiger partial charge in [-0.3, -0.25) is 9.59 Å². The number of nitrogens with one attached hydrogen (secondary N) is 1. The fourth-order valence-electron chi connectivity index (χ4n) is 3.82. The Morgan fingerprint density at radius 3 is 2.85 bits per heavy atom. The zero-order chi connectivity index (χ0) is 18.8. The van der Waals surface area contributed by atoms with Crippen molar-refractivity contribution < 1.29 is 14.0 Å². The van der Waals surface area contributed by atoms with Gasteiger partial charge in [0.1, 0.15) is 5.76 Å². The fourth-order valence-corrected chi connectivity index (χ4v) is 4.04. The molecule has 7 heteroatoms. The van der Waals surface area contributed by atoms with E-state index in [0.717, 1.165) is 24.9 Å². The molecular weight excluding hydrogens is 366 g/mol. The van der Waals surface area contributed by atoms with Gasteiger partial charge in [-0.25, -0.2) is 0 Å². The summed E-state index contributed by atoms with van der Waals surface area (Å²) in [7, 11) is 0. The lowest BCUT2D eigenvalue weighted by molar-refractivity contribution is -0.135. The van der Waals surface area contributed by atoms with Crippen LogP contribution in [-0.2, 0) is 4.79 Å². The molecule has 4 rings (SSSR count). The average molecular weight is 388 g/mol. The molecule has 142 valence electrons. The van der Waals surface area contributed by atoms with E-state index in [1.54, 1.807) is 23.1 Å². The van der Waals surface area contributed by atoms with Gasteiger partial charge in [-0.15, -0.1) is 0 Å². The second kappa shape index (κ2) is 7.74. The van der Waals surface area contributed by atoms with Crippen molar-refractivity contribution in [2.45, 2.75) is 18.9 Å². The van der Waals surface area contributed by atoms with Gasteiger partial charge < -0.3 is 19.5 Å². The highest BCUT2D eigenvalue weighted by Crippen LogP contribution is 2.30. The predicted molar refractivity (Wildman–Crippen MR) is 103 cm³/mol. The van der Waals surface area contributed by atoms with E-state index in [9.17, 15) is 9.59 Å². The maximum atomic E-state index is 12.9. The Hall–Kier alpha value is -2.31. The molecule has 2 amide bonds. The van der Waals surface area contributed by atoms with Crippen molar-refractivity contribution in [3.8, 4) is 11.3 Å². The number of carbonyl (C=O) groups excluding carboxylic acids is 2. The van der Waals surface area contributed by atoms with Crippen molar-refractivity contribution >= 4 is 23.4 Å². The van der Waals surface area contributed by atoms with Crippen molar-refractivity contribution in [1.29, 1.82) is 0 Å². The van der Waals surface area contributed by atoms with Gasteiger partial charge in [-0.05, 0) is 37.1 Å². The summed E-state index contributed by atoms with van der Waals surface area (Å²) in [6.07, 6.45) is 1.81. The maximum Gasteiger partial charge on any atom is 0.289 e. The molecule has 2 fully saturated rings. The largest absolute Gasteiger partial charge is 0.451 e. The first-order valence-electron chi connectivity index (χ1n) is 9.27. The third kappa shape index (κ3) is 3.73. The molecule has 1 N–H and O–H groups in total. The second-order valence-corrected chi connectivity index (χ2v) is 7.36. The number of rotatable bonds is 3. The summed E-state index contributed by atoms with van der Waals surface area (Å²) in [4.78, 5) is 28.8. The van der Waals surface area contributed by atoms with Crippen molar-refractivity contribution in [1.82, 2.24) is 15.1 Å². The van der Waals surface area contributed by atoms with Gasteiger partial charge >= 0.3 is 0 Å². The second-order valence-electron chi connectivity index (χ2n) is 6.95. The van der Waals surface area contributed by atoms with E-state index in [1.807, 2.05) is 23.1 Å². The Bertz CT molecular complexity index is 851. The van der Waals surface area contributed by atoms with Crippen LogP contribution in [0, 0.1) is 0 Å². The van der Waals surface area contributed by atoms with E-state index >= 15 is 0 Å². The first-order chi connectivity index (χ1) is 13.1. The lowest BCUT2D eigenvalue weighted by atomic mass is 10.0. The summed E-state index contributed by atoms with van der Waals surface area (Å²) in [6, 6.07) is 10.9. The number of benzene rings is 1. The minimum atomic E-state index is -0.138. The van der Waals surface area contributed by atoms with Gasteiger partial charge in [0.15, 0.2) is 5.76 Å². The molecule has 1 atom stereocenters. The number of likely N-dealkylation sites (tertiary alicyclic amines) is 1. The Kier molecular flexibility index (Phi) is 5.18. The maximum absolute atomic E-state index is 12.9. The van der Waals surface area contributed by atoms with Gasteiger partial charge in [0.25, 0.3) is 5.91 Å². The van der Waals surface area contributed by atoms with Crippen molar-refractivity contribution in [2.24, 2.45) is 0 Å². The highest BCUT2D eigenvalue weighted by molar-refractivity contribution is 6.33. The number of furan rings is 1. The van der Waals surface area contributed by atoms with Crippen LogP contribution in [0.25, 0.3) is 11.3 Å². The SMILES string of the molecule is O=C(c1ccc(-c2ccccc2Cl)o1)N1CCCC(N2CCNCC2=O)C1. The molecule has 0 aliphatic carbocycles. The normalized spacial score (nSPS) is 20.8. The molecule has 0 radical (unpaired) electrons. The van der Waals surface area contributed by atoms with Crippen molar-refractivity contribution in [3.05, 3.63) is 47.2 Å². The van der Waals surface area contributed by atoms with E-state index < -0.39 is 0 Å². The number of nitrogens with zero attached hydrogens (tertiary/aromatic N) is 2. The Morgan fingerprint density at radius 1 is 1.19 bits per heavy atom.